The molecule has 0 saturated heterocycles. The van der Waals surface area contributed by atoms with Crippen LogP contribution in [0.4, 0.5) is 8.78 Å². The molecule has 0 unspecified atom stereocenters. The predicted molar refractivity (Wildman–Crippen MR) is 74.4 cm³/mol. The summed E-state index contributed by atoms with van der Waals surface area (Å²) < 4.78 is 32.0. The van der Waals surface area contributed by atoms with Crippen molar-refractivity contribution in [1.82, 2.24) is 0 Å². The summed E-state index contributed by atoms with van der Waals surface area (Å²) in [6, 6.07) is 7.87. The molecule has 0 amide bonds. The number of ether oxygens (including phenoxy) is 1. The number of Topliss-reactive ketones (excluding diaryl/α,β-unsaturated/α-hetero) is 1. The Bertz CT molecular complexity index is 669. The Morgan fingerprint density at radius 1 is 1.19 bits per heavy atom. The maximum absolute atomic E-state index is 13.8. The van der Waals surface area contributed by atoms with Crippen molar-refractivity contribution in [2.24, 2.45) is 0 Å². The van der Waals surface area contributed by atoms with Gasteiger partial charge in [0.1, 0.15) is 24.0 Å². The van der Waals surface area contributed by atoms with Crippen LogP contribution in [0.5, 0.6) is 5.75 Å². The maximum Gasteiger partial charge on any atom is 0.163 e. The molecule has 0 saturated carbocycles. The minimum atomic E-state index is -0.700. The molecule has 0 aromatic heterocycles. The lowest BCUT2D eigenvalue weighted by Gasteiger charge is -2.11. The third-order valence-corrected chi connectivity index (χ3v) is 2.95. The molecule has 2 rings (SSSR count). The summed E-state index contributed by atoms with van der Waals surface area (Å²) in [5.74, 6) is -1.28. The Balaban J connectivity index is 2.46. The summed E-state index contributed by atoms with van der Waals surface area (Å²) in [5, 5.41) is 8.76. The molecule has 2 aromatic carbocycles. The topological polar surface area (TPSA) is 46.5 Å². The van der Waals surface area contributed by atoms with Gasteiger partial charge in [-0.1, -0.05) is 6.07 Å². The number of rotatable bonds is 5. The number of carbonyl (C=O) groups excluding carboxylic acids is 1. The lowest BCUT2D eigenvalue weighted by Crippen LogP contribution is -2.06. The highest BCUT2D eigenvalue weighted by atomic mass is 19.1. The van der Waals surface area contributed by atoms with Gasteiger partial charge in [0.05, 0.1) is 12.2 Å². The number of ketones is 1. The predicted octanol–water partition coefficient (Wildman–Crippen LogP) is 3.21. The number of halogens is 2. The van der Waals surface area contributed by atoms with E-state index in [0.29, 0.717) is 11.3 Å². The first kappa shape index (κ1) is 15.1. The highest BCUT2D eigenvalue weighted by molar-refractivity contribution is 5.98. The minimum Gasteiger partial charge on any atom is -0.490 e. The van der Waals surface area contributed by atoms with Gasteiger partial charge in [-0.15, -0.1) is 0 Å². The number of carbonyl (C=O) groups is 1. The second-order valence-corrected chi connectivity index (χ2v) is 4.46. The van der Waals surface area contributed by atoms with E-state index in [2.05, 4.69) is 0 Å². The molecule has 1 N–H and O–H groups in total. The highest BCUT2D eigenvalue weighted by Crippen LogP contribution is 2.29. The van der Waals surface area contributed by atoms with Gasteiger partial charge in [0.25, 0.3) is 0 Å². The van der Waals surface area contributed by atoms with Gasteiger partial charge in [-0.05, 0) is 36.8 Å². The summed E-state index contributed by atoms with van der Waals surface area (Å²) in [7, 11) is 0. The van der Waals surface area contributed by atoms with Gasteiger partial charge in [0.15, 0.2) is 5.78 Å². The molecule has 0 heterocycles. The zero-order valence-corrected chi connectivity index (χ0v) is 11.4. The third-order valence-electron chi connectivity index (χ3n) is 2.95. The van der Waals surface area contributed by atoms with E-state index in [4.69, 9.17) is 9.84 Å². The fraction of sp³-hybridized carbons (Fsp3) is 0.188. The second-order valence-electron chi connectivity index (χ2n) is 4.46. The van der Waals surface area contributed by atoms with Crippen LogP contribution in [0.15, 0.2) is 36.4 Å². The van der Waals surface area contributed by atoms with Crippen molar-refractivity contribution in [2.75, 3.05) is 13.2 Å². The SMILES string of the molecule is CC(=O)c1cc(-c2ccc(F)cc2F)ccc1OCCO. The monoisotopic (exact) mass is 292 g/mol. The minimum absolute atomic E-state index is 0.0601. The summed E-state index contributed by atoms with van der Waals surface area (Å²) in [4.78, 5) is 11.7. The molecule has 0 aliphatic rings. The normalized spacial score (nSPS) is 10.5. The molecule has 0 bridgehead atoms. The molecule has 2 aromatic rings. The lowest BCUT2D eigenvalue weighted by atomic mass is 10.0. The molecule has 21 heavy (non-hydrogen) atoms. The molecule has 0 atom stereocenters. The number of aliphatic hydroxyl groups is 1. The summed E-state index contributed by atoms with van der Waals surface area (Å²) in [6.45, 7) is 1.25. The van der Waals surface area contributed by atoms with Crippen LogP contribution >= 0.6 is 0 Å². The Labute approximate surface area is 120 Å². The average Bonchev–Trinajstić information content (AvgIpc) is 2.45. The van der Waals surface area contributed by atoms with Crippen LogP contribution in [-0.2, 0) is 0 Å². The van der Waals surface area contributed by atoms with Crippen molar-refractivity contribution in [3.63, 3.8) is 0 Å². The molecule has 0 aliphatic carbocycles. The largest absolute Gasteiger partial charge is 0.490 e. The molecule has 5 heteroatoms. The van der Waals surface area contributed by atoms with Crippen LogP contribution < -0.4 is 4.74 Å². The van der Waals surface area contributed by atoms with Crippen LogP contribution in [0.3, 0.4) is 0 Å². The molecular formula is C16H14F2O3. The van der Waals surface area contributed by atoms with Crippen LogP contribution in [0, 0.1) is 11.6 Å². The number of benzene rings is 2. The first-order valence-corrected chi connectivity index (χ1v) is 6.37. The van der Waals surface area contributed by atoms with Crippen molar-refractivity contribution in [3.8, 4) is 16.9 Å². The van der Waals surface area contributed by atoms with Gasteiger partial charge >= 0.3 is 0 Å². The van der Waals surface area contributed by atoms with Crippen LogP contribution in [0.1, 0.15) is 17.3 Å². The standard InChI is InChI=1S/C16H14F2O3/c1-10(20)14-8-11(2-5-16(14)21-7-6-19)13-4-3-12(17)9-15(13)18/h2-5,8-9,19H,6-7H2,1H3. The zero-order valence-electron chi connectivity index (χ0n) is 11.4. The van der Waals surface area contributed by atoms with Crippen molar-refractivity contribution >= 4 is 5.78 Å². The molecule has 0 spiro atoms. The molecule has 0 radical (unpaired) electrons. The van der Waals surface area contributed by atoms with Crippen molar-refractivity contribution in [1.29, 1.82) is 0 Å². The summed E-state index contributed by atoms with van der Waals surface area (Å²) in [5.41, 5.74) is 0.936. The summed E-state index contributed by atoms with van der Waals surface area (Å²) >= 11 is 0. The zero-order chi connectivity index (χ0) is 15.4. The van der Waals surface area contributed by atoms with Gasteiger partial charge in [-0.25, -0.2) is 8.78 Å². The van der Waals surface area contributed by atoms with E-state index >= 15 is 0 Å². The van der Waals surface area contributed by atoms with Gasteiger partial charge in [-0.3, -0.25) is 4.79 Å². The van der Waals surface area contributed by atoms with Crippen LogP contribution in [0.25, 0.3) is 11.1 Å². The number of hydrogen-bond acceptors (Lipinski definition) is 3. The van der Waals surface area contributed by atoms with E-state index in [0.717, 1.165) is 12.1 Å². The summed E-state index contributed by atoms with van der Waals surface area (Å²) in [6.07, 6.45) is 0. The lowest BCUT2D eigenvalue weighted by molar-refractivity contribution is 0.101. The van der Waals surface area contributed by atoms with Crippen LogP contribution in [-0.4, -0.2) is 24.1 Å². The Kier molecular flexibility index (Phi) is 4.65. The van der Waals surface area contributed by atoms with Gasteiger partial charge < -0.3 is 9.84 Å². The first-order valence-electron chi connectivity index (χ1n) is 6.37. The third kappa shape index (κ3) is 3.44. The maximum atomic E-state index is 13.8. The van der Waals surface area contributed by atoms with E-state index in [1.807, 2.05) is 0 Å². The Morgan fingerprint density at radius 3 is 2.57 bits per heavy atom. The smallest absolute Gasteiger partial charge is 0.163 e. The van der Waals surface area contributed by atoms with Gasteiger partial charge in [0, 0.05) is 11.6 Å². The molecule has 110 valence electrons. The van der Waals surface area contributed by atoms with E-state index in [1.54, 1.807) is 6.07 Å². The Morgan fingerprint density at radius 2 is 1.95 bits per heavy atom. The number of hydrogen-bond donors (Lipinski definition) is 1. The van der Waals surface area contributed by atoms with Crippen molar-refractivity contribution in [2.45, 2.75) is 6.92 Å². The van der Waals surface area contributed by atoms with Crippen molar-refractivity contribution in [3.05, 3.63) is 53.6 Å². The first-order chi connectivity index (χ1) is 10.0. The van der Waals surface area contributed by atoms with E-state index in [1.165, 1.54) is 25.1 Å². The van der Waals surface area contributed by atoms with Gasteiger partial charge in [0.2, 0.25) is 0 Å². The van der Waals surface area contributed by atoms with Crippen LogP contribution in [0.2, 0.25) is 0 Å². The second kappa shape index (κ2) is 6.45. The fourth-order valence-corrected chi connectivity index (χ4v) is 1.98. The molecular weight excluding hydrogens is 278 g/mol. The van der Waals surface area contributed by atoms with Crippen molar-refractivity contribution < 1.29 is 23.4 Å². The molecule has 0 fully saturated rings. The van der Waals surface area contributed by atoms with E-state index < -0.39 is 11.6 Å². The van der Waals surface area contributed by atoms with E-state index in [9.17, 15) is 13.6 Å². The number of aliphatic hydroxyl groups excluding tert-OH is 1. The highest BCUT2D eigenvalue weighted by Gasteiger charge is 2.13. The van der Waals surface area contributed by atoms with E-state index in [-0.39, 0.29) is 30.1 Å². The van der Waals surface area contributed by atoms with Gasteiger partial charge in [-0.2, -0.15) is 0 Å². The quantitative estimate of drug-likeness (QED) is 0.861. The Hall–Kier alpha value is -2.27. The fourth-order valence-electron chi connectivity index (χ4n) is 1.98. The average molecular weight is 292 g/mol. The molecule has 0 aliphatic heterocycles. The molecule has 3 nitrogen and oxygen atoms in total.